The number of anilines is 1. The van der Waals surface area contributed by atoms with Crippen molar-refractivity contribution < 1.29 is 14.0 Å². The van der Waals surface area contributed by atoms with Crippen LogP contribution in [-0.4, -0.2) is 37.0 Å². The van der Waals surface area contributed by atoms with Gasteiger partial charge in [-0.2, -0.15) is 5.06 Å². The molecule has 3 rings (SSSR count). The number of rotatable bonds is 7. The molecule has 2 atom stereocenters. The molecule has 27 heavy (non-hydrogen) atoms. The van der Waals surface area contributed by atoms with Gasteiger partial charge in [0.25, 0.3) is 0 Å². The zero-order valence-corrected chi connectivity index (χ0v) is 16.8. The number of carbonyl (C=O) groups is 1. The lowest BCUT2D eigenvalue weighted by atomic mass is 9.87. The van der Waals surface area contributed by atoms with Crippen molar-refractivity contribution in [3.05, 3.63) is 52.5 Å². The van der Waals surface area contributed by atoms with Gasteiger partial charge >= 0.3 is 0 Å². The lowest BCUT2D eigenvalue weighted by Gasteiger charge is -2.37. The monoisotopic (exact) mass is 390 g/mol. The van der Waals surface area contributed by atoms with E-state index in [2.05, 4.69) is 29.3 Å². The van der Waals surface area contributed by atoms with Crippen molar-refractivity contribution in [2.24, 2.45) is 11.8 Å². The van der Waals surface area contributed by atoms with Crippen molar-refractivity contribution in [2.45, 2.75) is 26.7 Å². The summed E-state index contributed by atoms with van der Waals surface area (Å²) in [6.45, 7) is 7.18. The van der Waals surface area contributed by atoms with Crippen LogP contribution in [0.1, 0.15) is 25.1 Å². The van der Waals surface area contributed by atoms with E-state index in [0.29, 0.717) is 18.4 Å². The number of hydrogen-bond acceptors (Lipinski definition) is 4. The molecule has 0 aliphatic carbocycles. The lowest BCUT2D eigenvalue weighted by Crippen LogP contribution is -2.43. The van der Waals surface area contributed by atoms with Crippen LogP contribution in [0, 0.1) is 17.7 Å². The summed E-state index contributed by atoms with van der Waals surface area (Å²) in [4.78, 5) is 21.6. The van der Waals surface area contributed by atoms with Gasteiger partial charge in [0.15, 0.2) is 0 Å². The molecule has 0 unspecified atom stereocenters. The third-order valence-corrected chi connectivity index (χ3v) is 6.13. The molecule has 0 saturated carbocycles. The van der Waals surface area contributed by atoms with Crippen LogP contribution in [0.15, 0.2) is 41.8 Å². The quantitative estimate of drug-likeness (QED) is 0.658. The summed E-state index contributed by atoms with van der Waals surface area (Å²) in [6, 6.07) is 10.5. The van der Waals surface area contributed by atoms with Crippen LogP contribution in [0.5, 0.6) is 0 Å². The summed E-state index contributed by atoms with van der Waals surface area (Å²) in [5, 5.41) is 3.21. The van der Waals surface area contributed by atoms with Crippen molar-refractivity contribution in [3.8, 4) is 0 Å². The van der Waals surface area contributed by atoms with Crippen molar-refractivity contribution in [1.82, 2.24) is 4.90 Å². The summed E-state index contributed by atoms with van der Waals surface area (Å²) in [6.07, 6.45) is 2.12. The van der Waals surface area contributed by atoms with Crippen LogP contribution in [-0.2, 0) is 16.1 Å². The molecule has 1 aromatic heterocycles. The number of amides is 1. The van der Waals surface area contributed by atoms with Gasteiger partial charge in [-0.05, 0) is 54.8 Å². The largest absolute Gasteiger partial charge is 0.303 e. The Kier molecular flexibility index (Phi) is 6.99. The van der Waals surface area contributed by atoms with Crippen LogP contribution in [0.2, 0.25) is 0 Å². The molecule has 0 radical (unpaired) electrons. The summed E-state index contributed by atoms with van der Waals surface area (Å²) in [5.74, 6) is 0.0541. The number of para-hydroxylation sites is 1. The van der Waals surface area contributed by atoms with E-state index in [1.54, 1.807) is 18.2 Å². The smallest absolute Gasteiger partial charge is 0.247 e. The van der Waals surface area contributed by atoms with E-state index in [-0.39, 0.29) is 11.6 Å². The van der Waals surface area contributed by atoms with Gasteiger partial charge in [0.1, 0.15) is 11.5 Å². The van der Waals surface area contributed by atoms with Gasteiger partial charge < -0.3 is 4.90 Å². The summed E-state index contributed by atoms with van der Waals surface area (Å²) >= 11 is 1.81. The molecule has 1 aliphatic rings. The van der Waals surface area contributed by atoms with E-state index in [0.717, 1.165) is 37.5 Å². The number of hydroxylamine groups is 1. The number of thiophene rings is 1. The zero-order chi connectivity index (χ0) is 19.2. The molecule has 4 nitrogen and oxygen atoms in total. The molecule has 1 amide bonds. The molecule has 2 heterocycles. The zero-order valence-electron chi connectivity index (χ0n) is 15.9. The highest BCUT2D eigenvalue weighted by molar-refractivity contribution is 7.09. The Balaban J connectivity index is 1.50. The Morgan fingerprint density at radius 1 is 1.33 bits per heavy atom. The molecular formula is C21H27FN2O2S. The standard InChI is InChI=1S/C21H27FN2O2S/c1-16-14-23(12-10-19-6-5-13-27-19)11-9-18(16)15-26-24(17(2)25)21-8-4-3-7-20(21)22/h3-8,13,16,18H,9-12,14-15H2,1-2H3/t16-,18+/m0/s1. The third-order valence-electron chi connectivity index (χ3n) is 5.20. The molecule has 146 valence electrons. The van der Waals surface area contributed by atoms with Crippen molar-refractivity contribution >= 4 is 22.9 Å². The average molecular weight is 391 g/mol. The van der Waals surface area contributed by atoms with Crippen molar-refractivity contribution in [2.75, 3.05) is 31.3 Å². The Hall–Kier alpha value is -1.76. The fourth-order valence-corrected chi connectivity index (χ4v) is 4.27. The fourth-order valence-electron chi connectivity index (χ4n) is 3.57. The maximum atomic E-state index is 14.0. The Morgan fingerprint density at radius 3 is 2.81 bits per heavy atom. The minimum atomic E-state index is -0.454. The highest BCUT2D eigenvalue weighted by Crippen LogP contribution is 2.26. The summed E-state index contributed by atoms with van der Waals surface area (Å²) in [5.41, 5.74) is 0.172. The van der Waals surface area contributed by atoms with Crippen LogP contribution in [0.3, 0.4) is 0 Å². The summed E-state index contributed by atoms with van der Waals surface area (Å²) in [7, 11) is 0. The minimum Gasteiger partial charge on any atom is -0.303 e. The normalized spacial score (nSPS) is 20.6. The first kappa shape index (κ1) is 20.0. The molecule has 6 heteroatoms. The van der Waals surface area contributed by atoms with Gasteiger partial charge in [0.2, 0.25) is 5.91 Å². The van der Waals surface area contributed by atoms with E-state index in [9.17, 15) is 9.18 Å². The second kappa shape index (κ2) is 9.44. The van der Waals surface area contributed by atoms with Gasteiger partial charge in [0.05, 0.1) is 6.61 Å². The highest BCUT2D eigenvalue weighted by atomic mass is 32.1. The molecular weight excluding hydrogens is 363 g/mol. The molecule has 1 saturated heterocycles. The Morgan fingerprint density at radius 2 is 2.15 bits per heavy atom. The SMILES string of the molecule is CC(=O)N(OC[C@H]1CCN(CCc2cccs2)C[C@@H]1C)c1ccccc1F. The average Bonchev–Trinajstić information content (AvgIpc) is 3.16. The van der Waals surface area contributed by atoms with Gasteiger partial charge in [-0.3, -0.25) is 9.63 Å². The number of likely N-dealkylation sites (tertiary alicyclic amines) is 1. The van der Waals surface area contributed by atoms with E-state index in [4.69, 9.17) is 4.84 Å². The minimum absolute atomic E-state index is 0.172. The molecule has 1 aliphatic heterocycles. The topological polar surface area (TPSA) is 32.8 Å². The molecule has 0 bridgehead atoms. The Bertz CT molecular complexity index is 738. The van der Waals surface area contributed by atoms with Crippen LogP contribution >= 0.6 is 11.3 Å². The maximum absolute atomic E-state index is 14.0. The van der Waals surface area contributed by atoms with Crippen LogP contribution in [0.25, 0.3) is 0 Å². The predicted octanol–water partition coefficient (Wildman–Crippen LogP) is 4.37. The number of hydrogen-bond donors (Lipinski definition) is 0. The number of piperidine rings is 1. The highest BCUT2D eigenvalue weighted by Gasteiger charge is 2.28. The fraction of sp³-hybridized carbons (Fsp3) is 0.476. The van der Waals surface area contributed by atoms with Gasteiger partial charge in [-0.15, -0.1) is 11.3 Å². The summed E-state index contributed by atoms with van der Waals surface area (Å²) < 4.78 is 14.0. The molecule has 2 aromatic rings. The first-order valence-corrected chi connectivity index (χ1v) is 10.4. The van der Waals surface area contributed by atoms with Crippen molar-refractivity contribution in [1.29, 1.82) is 0 Å². The van der Waals surface area contributed by atoms with E-state index >= 15 is 0 Å². The third kappa shape index (κ3) is 5.37. The molecule has 0 N–H and O–H groups in total. The number of nitrogens with zero attached hydrogens (tertiary/aromatic N) is 2. The molecule has 0 spiro atoms. The van der Waals surface area contributed by atoms with E-state index in [1.165, 1.54) is 17.9 Å². The maximum Gasteiger partial charge on any atom is 0.247 e. The van der Waals surface area contributed by atoms with Crippen LogP contribution < -0.4 is 5.06 Å². The molecule has 1 fully saturated rings. The van der Waals surface area contributed by atoms with Gasteiger partial charge in [0, 0.05) is 24.9 Å². The lowest BCUT2D eigenvalue weighted by molar-refractivity contribution is -0.125. The van der Waals surface area contributed by atoms with E-state index in [1.807, 2.05) is 11.3 Å². The number of benzene rings is 1. The predicted molar refractivity (Wildman–Crippen MR) is 107 cm³/mol. The first-order valence-electron chi connectivity index (χ1n) is 9.47. The van der Waals surface area contributed by atoms with Crippen molar-refractivity contribution in [3.63, 3.8) is 0 Å². The molecule has 1 aromatic carbocycles. The Labute approximate surface area is 164 Å². The van der Waals surface area contributed by atoms with Gasteiger partial charge in [-0.1, -0.05) is 25.1 Å². The number of halogens is 1. The number of carbonyl (C=O) groups excluding carboxylic acids is 1. The second-order valence-corrected chi connectivity index (χ2v) is 8.25. The van der Waals surface area contributed by atoms with Crippen LogP contribution in [0.4, 0.5) is 10.1 Å². The van der Waals surface area contributed by atoms with Gasteiger partial charge in [-0.25, -0.2) is 4.39 Å². The first-order chi connectivity index (χ1) is 13.0. The second-order valence-electron chi connectivity index (χ2n) is 7.22. The van der Waals surface area contributed by atoms with E-state index < -0.39 is 5.82 Å².